The highest BCUT2D eigenvalue weighted by molar-refractivity contribution is 5.54. The number of benzene rings is 1. The Labute approximate surface area is 137 Å². The number of halogens is 3. The maximum atomic E-state index is 12.7. The van der Waals surface area contributed by atoms with Gasteiger partial charge in [0.1, 0.15) is 5.69 Å². The van der Waals surface area contributed by atoms with Crippen LogP contribution in [-0.2, 0) is 17.5 Å². The lowest BCUT2D eigenvalue weighted by Gasteiger charge is -2.30. The Bertz CT molecular complexity index is 687. The molecule has 2 heterocycles. The summed E-state index contributed by atoms with van der Waals surface area (Å²) in [5, 5.41) is 2.87. The number of anilines is 2. The molecule has 0 amide bonds. The predicted molar refractivity (Wildman–Crippen MR) is 83.8 cm³/mol. The fourth-order valence-corrected chi connectivity index (χ4v) is 2.55. The van der Waals surface area contributed by atoms with Crippen molar-refractivity contribution in [2.45, 2.75) is 12.7 Å². The molecule has 0 atom stereocenters. The van der Waals surface area contributed by atoms with Gasteiger partial charge in [0.2, 0.25) is 5.95 Å². The first-order valence-corrected chi connectivity index (χ1v) is 7.59. The van der Waals surface area contributed by atoms with Crippen LogP contribution in [0.2, 0.25) is 0 Å². The van der Waals surface area contributed by atoms with E-state index in [1.54, 1.807) is 0 Å². The first kappa shape index (κ1) is 16.5. The molecule has 1 aliphatic heterocycles. The van der Waals surface area contributed by atoms with E-state index in [0.717, 1.165) is 36.6 Å². The largest absolute Gasteiger partial charge is 0.433 e. The van der Waals surface area contributed by atoms with Crippen molar-refractivity contribution in [3.63, 3.8) is 0 Å². The van der Waals surface area contributed by atoms with Gasteiger partial charge in [0, 0.05) is 31.5 Å². The number of nitrogens with zero attached hydrogens (tertiary/aromatic N) is 3. The highest BCUT2D eigenvalue weighted by Gasteiger charge is 2.32. The lowest BCUT2D eigenvalue weighted by Crippen LogP contribution is -2.36. The quantitative estimate of drug-likeness (QED) is 0.929. The van der Waals surface area contributed by atoms with Gasteiger partial charge in [0.25, 0.3) is 0 Å². The second kappa shape index (κ2) is 7.04. The molecule has 0 spiro atoms. The summed E-state index contributed by atoms with van der Waals surface area (Å²) in [7, 11) is 0. The number of hydrogen-bond acceptors (Lipinski definition) is 5. The van der Waals surface area contributed by atoms with Crippen LogP contribution in [0, 0.1) is 0 Å². The van der Waals surface area contributed by atoms with Gasteiger partial charge in [-0.25, -0.2) is 9.97 Å². The van der Waals surface area contributed by atoms with E-state index in [4.69, 9.17) is 4.74 Å². The molecule has 1 aliphatic rings. The standard InChI is InChI=1S/C16H17F3N4O/c17-16(18,19)14-5-6-20-15(22-14)21-11-12-3-1-2-4-13(12)23-7-9-24-10-8-23/h1-6H,7-11H2,(H,20,21,22). The zero-order valence-electron chi connectivity index (χ0n) is 12.9. The number of ether oxygens (including phenoxy) is 1. The maximum absolute atomic E-state index is 12.7. The topological polar surface area (TPSA) is 50.3 Å². The first-order chi connectivity index (χ1) is 11.5. The third kappa shape index (κ3) is 3.94. The van der Waals surface area contributed by atoms with E-state index in [1.807, 2.05) is 24.3 Å². The van der Waals surface area contributed by atoms with Gasteiger partial charge in [-0.2, -0.15) is 13.2 Å². The number of morpholine rings is 1. The van der Waals surface area contributed by atoms with Crippen molar-refractivity contribution in [2.24, 2.45) is 0 Å². The summed E-state index contributed by atoms with van der Waals surface area (Å²) in [5.41, 5.74) is 1.06. The Balaban J connectivity index is 1.73. The molecular weight excluding hydrogens is 321 g/mol. The van der Waals surface area contributed by atoms with Gasteiger partial charge in [-0.15, -0.1) is 0 Å². The molecule has 0 radical (unpaired) electrons. The molecular formula is C16H17F3N4O. The molecule has 24 heavy (non-hydrogen) atoms. The monoisotopic (exact) mass is 338 g/mol. The third-order valence-electron chi connectivity index (χ3n) is 3.73. The van der Waals surface area contributed by atoms with Gasteiger partial charge in [-0.05, 0) is 17.7 Å². The van der Waals surface area contributed by atoms with Crippen molar-refractivity contribution in [3.05, 3.63) is 47.8 Å². The minimum absolute atomic E-state index is 0.0402. The zero-order valence-corrected chi connectivity index (χ0v) is 12.9. The summed E-state index contributed by atoms with van der Waals surface area (Å²) < 4.78 is 43.5. The molecule has 3 rings (SSSR count). The molecule has 128 valence electrons. The van der Waals surface area contributed by atoms with E-state index in [1.165, 1.54) is 0 Å². The molecule has 8 heteroatoms. The molecule has 2 aromatic rings. The molecule has 0 aliphatic carbocycles. The number of hydrogen-bond donors (Lipinski definition) is 1. The highest BCUT2D eigenvalue weighted by atomic mass is 19.4. The summed E-state index contributed by atoms with van der Waals surface area (Å²) in [6, 6.07) is 8.62. The Hall–Kier alpha value is -2.35. The number of rotatable bonds is 4. The third-order valence-corrected chi connectivity index (χ3v) is 3.73. The van der Waals surface area contributed by atoms with Crippen LogP contribution in [0.4, 0.5) is 24.8 Å². The van der Waals surface area contributed by atoms with E-state index in [-0.39, 0.29) is 5.95 Å². The van der Waals surface area contributed by atoms with Crippen molar-refractivity contribution in [3.8, 4) is 0 Å². The van der Waals surface area contributed by atoms with Crippen molar-refractivity contribution in [1.29, 1.82) is 0 Å². The van der Waals surface area contributed by atoms with Crippen LogP contribution in [0.1, 0.15) is 11.3 Å². The average molecular weight is 338 g/mol. The van der Waals surface area contributed by atoms with E-state index < -0.39 is 11.9 Å². The van der Waals surface area contributed by atoms with Crippen LogP contribution in [0.15, 0.2) is 36.5 Å². The lowest BCUT2D eigenvalue weighted by molar-refractivity contribution is -0.141. The smallest absolute Gasteiger partial charge is 0.378 e. The second-order valence-electron chi connectivity index (χ2n) is 5.34. The van der Waals surface area contributed by atoms with Crippen molar-refractivity contribution >= 4 is 11.6 Å². The Morgan fingerprint density at radius 2 is 1.88 bits per heavy atom. The molecule has 5 nitrogen and oxygen atoms in total. The Morgan fingerprint density at radius 3 is 2.62 bits per heavy atom. The SMILES string of the molecule is FC(F)(F)c1ccnc(NCc2ccccc2N2CCOCC2)n1. The highest BCUT2D eigenvalue weighted by Crippen LogP contribution is 2.28. The summed E-state index contributed by atoms with van der Waals surface area (Å²) in [6.45, 7) is 3.25. The van der Waals surface area contributed by atoms with Crippen LogP contribution in [-0.4, -0.2) is 36.3 Å². The van der Waals surface area contributed by atoms with Crippen molar-refractivity contribution in [1.82, 2.24) is 9.97 Å². The first-order valence-electron chi connectivity index (χ1n) is 7.59. The number of para-hydroxylation sites is 1. The van der Waals surface area contributed by atoms with E-state index in [2.05, 4.69) is 20.2 Å². The number of aromatic nitrogens is 2. The van der Waals surface area contributed by atoms with E-state index in [9.17, 15) is 13.2 Å². The molecule has 0 saturated carbocycles. The maximum Gasteiger partial charge on any atom is 0.433 e. The van der Waals surface area contributed by atoms with Crippen molar-refractivity contribution in [2.75, 3.05) is 36.5 Å². The molecule has 0 bridgehead atoms. The lowest BCUT2D eigenvalue weighted by atomic mass is 10.1. The van der Waals surface area contributed by atoms with Gasteiger partial charge >= 0.3 is 6.18 Å². The summed E-state index contributed by atoms with van der Waals surface area (Å²) in [4.78, 5) is 9.58. The normalized spacial score (nSPS) is 15.4. The average Bonchev–Trinajstić information content (AvgIpc) is 2.60. The van der Waals surface area contributed by atoms with Gasteiger partial charge in [0.15, 0.2) is 0 Å². The van der Waals surface area contributed by atoms with Crippen LogP contribution < -0.4 is 10.2 Å². The summed E-state index contributed by atoms with van der Waals surface area (Å²) in [5.74, 6) is -0.0402. The minimum atomic E-state index is -4.48. The van der Waals surface area contributed by atoms with Crippen molar-refractivity contribution < 1.29 is 17.9 Å². The van der Waals surface area contributed by atoms with E-state index in [0.29, 0.717) is 19.8 Å². The summed E-state index contributed by atoms with van der Waals surface area (Å²) in [6.07, 6.45) is -3.38. The van der Waals surface area contributed by atoms with Crippen LogP contribution in [0.3, 0.4) is 0 Å². The Morgan fingerprint density at radius 1 is 1.12 bits per heavy atom. The number of alkyl halides is 3. The molecule has 1 fully saturated rings. The second-order valence-corrected chi connectivity index (χ2v) is 5.34. The van der Waals surface area contributed by atoms with Gasteiger partial charge in [-0.3, -0.25) is 0 Å². The molecule has 1 aromatic carbocycles. The molecule has 1 aromatic heterocycles. The van der Waals surface area contributed by atoms with Crippen LogP contribution >= 0.6 is 0 Å². The zero-order chi connectivity index (χ0) is 17.0. The van der Waals surface area contributed by atoms with E-state index >= 15 is 0 Å². The molecule has 1 N–H and O–H groups in total. The number of nitrogens with one attached hydrogen (secondary N) is 1. The van der Waals surface area contributed by atoms with Crippen LogP contribution in [0.25, 0.3) is 0 Å². The predicted octanol–water partition coefficient (Wildman–Crippen LogP) is 2.94. The van der Waals surface area contributed by atoms with Gasteiger partial charge < -0.3 is 15.0 Å². The minimum Gasteiger partial charge on any atom is -0.378 e. The van der Waals surface area contributed by atoms with Gasteiger partial charge in [-0.1, -0.05) is 18.2 Å². The van der Waals surface area contributed by atoms with Crippen LogP contribution in [0.5, 0.6) is 0 Å². The summed E-state index contributed by atoms with van der Waals surface area (Å²) >= 11 is 0. The fourth-order valence-electron chi connectivity index (χ4n) is 2.55. The molecule has 1 saturated heterocycles. The Kier molecular flexibility index (Phi) is 4.84. The molecule has 0 unspecified atom stereocenters. The fraction of sp³-hybridized carbons (Fsp3) is 0.375. The van der Waals surface area contributed by atoms with Gasteiger partial charge in [0.05, 0.1) is 13.2 Å².